The number of carbonyl (C=O) groups is 1. The van der Waals surface area contributed by atoms with Gasteiger partial charge in [0.05, 0.1) is 18.2 Å². The summed E-state index contributed by atoms with van der Waals surface area (Å²) in [5.74, 6) is -0.568. The predicted octanol–water partition coefficient (Wildman–Crippen LogP) is 3.36. The number of alkyl halides is 3. The molecule has 0 aliphatic carbocycles. The van der Waals surface area contributed by atoms with Crippen molar-refractivity contribution < 1.29 is 22.7 Å². The Balaban J connectivity index is 2.77. The van der Waals surface area contributed by atoms with E-state index in [1.165, 1.54) is 30.6 Å². The molecule has 19 heavy (non-hydrogen) atoms. The van der Waals surface area contributed by atoms with Gasteiger partial charge < -0.3 is 9.14 Å². The topological polar surface area (TPSA) is 30.7 Å². The molecule has 0 atom stereocenters. The zero-order chi connectivity index (χ0) is 14.4. The molecule has 0 N–H and O–H groups in total. The Morgan fingerprint density at radius 3 is 2.37 bits per heavy atom. The molecule has 0 bridgehead atoms. The first-order chi connectivity index (χ1) is 8.77. The van der Waals surface area contributed by atoms with Crippen molar-refractivity contribution in [2.45, 2.75) is 20.0 Å². The van der Waals surface area contributed by atoms with Crippen LogP contribution in [0.2, 0.25) is 0 Å². The summed E-state index contributed by atoms with van der Waals surface area (Å²) in [7, 11) is 1.23. The van der Waals surface area contributed by atoms with Gasteiger partial charge in [-0.3, -0.25) is 0 Å². The molecule has 2 aromatic heterocycles. The maximum absolute atomic E-state index is 12.8. The number of methoxy groups -OCH3 is 1. The number of halogens is 3. The standard InChI is InChI=1S/C13H12F3NO2/c1-7-10(12(18)19-3)5-4-9-6-11(13(14,15)16)8(2)17(7)9/h4-6H,1-3H3. The van der Waals surface area contributed by atoms with Crippen molar-refractivity contribution in [3.8, 4) is 0 Å². The van der Waals surface area contributed by atoms with Crippen LogP contribution in [0.3, 0.4) is 0 Å². The van der Waals surface area contributed by atoms with E-state index in [2.05, 4.69) is 4.74 Å². The number of rotatable bonds is 1. The highest BCUT2D eigenvalue weighted by atomic mass is 19.4. The summed E-state index contributed by atoms with van der Waals surface area (Å²) >= 11 is 0. The smallest absolute Gasteiger partial charge is 0.418 e. The summed E-state index contributed by atoms with van der Waals surface area (Å²) in [6.07, 6.45) is -4.41. The zero-order valence-electron chi connectivity index (χ0n) is 10.6. The second-order valence-corrected chi connectivity index (χ2v) is 4.23. The number of nitrogens with zero attached hydrogens (tertiary/aromatic N) is 1. The third kappa shape index (κ3) is 2.07. The van der Waals surface area contributed by atoms with Crippen molar-refractivity contribution in [1.29, 1.82) is 0 Å². The molecular weight excluding hydrogens is 259 g/mol. The fraction of sp³-hybridized carbons (Fsp3) is 0.308. The SMILES string of the molecule is COC(=O)c1ccc2cc(C(F)(F)F)c(C)n2c1C. The van der Waals surface area contributed by atoms with Crippen LogP contribution in [-0.2, 0) is 10.9 Å². The molecule has 0 saturated heterocycles. The molecule has 0 unspecified atom stereocenters. The lowest BCUT2D eigenvalue weighted by atomic mass is 10.2. The first kappa shape index (κ1) is 13.5. The maximum Gasteiger partial charge on any atom is 0.418 e. The van der Waals surface area contributed by atoms with Crippen molar-refractivity contribution in [2.75, 3.05) is 7.11 Å². The van der Waals surface area contributed by atoms with E-state index in [1.54, 1.807) is 6.92 Å². The van der Waals surface area contributed by atoms with E-state index < -0.39 is 17.7 Å². The minimum atomic E-state index is -4.41. The number of esters is 1. The van der Waals surface area contributed by atoms with Crippen LogP contribution in [0.15, 0.2) is 18.2 Å². The lowest BCUT2D eigenvalue weighted by molar-refractivity contribution is -0.138. The Morgan fingerprint density at radius 1 is 1.21 bits per heavy atom. The molecule has 0 aromatic carbocycles. The molecule has 0 radical (unpaired) electrons. The molecule has 0 spiro atoms. The molecule has 0 aliphatic heterocycles. The summed E-state index contributed by atoms with van der Waals surface area (Å²) in [6.45, 7) is 2.97. The molecule has 0 saturated carbocycles. The van der Waals surface area contributed by atoms with Gasteiger partial charge in [0, 0.05) is 16.9 Å². The fourth-order valence-corrected chi connectivity index (χ4v) is 2.22. The van der Waals surface area contributed by atoms with Gasteiger partial charge in [-0.2, -0.15) is 13.2 Å². The van der Waals surface area contributed by atoms with E-state index in [4.69, 9.17) is 0 Å². The van der Waals surface area contributed by atoms with Crippen molar-refractivity contribution in [1.82, 2.24) is 4.40 Å². The fourth-order valence-electron chi connectivity index (χ4n) is 2.22. The monoisotopic (exact) mass is 271 g/mol. The molecule has 102 valence electrons. The molecular formula is C13H12F3NO2. The summed E-state index contributed by atoms with van der Waals surface area (Å²) in [5.41, 5.74) is 0.443. The average molecular weight is 271 g/mol. The minimum absolute atomic E-state index is 0.0609. The Hall–Kier alpha value is -1.98. The van der Waals surface area contributed by atoms with Gasteiger partial charge in [-0.1, -0.05) is 0 Å². The Kier molecular flexibility index (Phi) is 3.04. The number of aromatic nitrogens is 1. The summed E-state index contributed by atoms with van der Waals surface area (Å²) in [6, 6.07) is 4.01. The van der Waals surface area contributed by atoms with Crippen LogP contribution in [0.5, 0.6) is 0 Å². The minimum Gasteiger partial charge on any atom is -0.465 e. The lowest BCUT2D eigenvalue weighted by Crippen LogP contribution is -2.09. The molecule has 0 amide bonds. The molecule has 0 aliphatic rings. The summed E-state index contributed by atoms with van der Waals surface area (Å²) in [5, 5.41) is 0. The van der Waals surface area contributed by atoms with Crippen molar-refractivity contribution >= 4 is 11.5 Å². The van der Waals surface area contributed by atoms with Crippen molar-refractivity contribution in [3.05, 3.63) is 40.7 Å². The molecule has 0 fully saturated rings. The number of ether oxygens (including phenoxy) is 1. The van der Waals surface area contributed by atoms with Crippen molar-refractivity contribution in [3.63, 3.8) is 0 Å². The van der Waals surface area contributed by atoms with Crippen LogP contribution in [0.25, 0.3) is 5.52 Å². The van der Waals surface area contributed by atoms with Crippen LogP contribution in [0.1, 0.15) is 27.3 Å². The molecule has 2 aromatic rings. The van der Waals surface area contributed by atoms with E-state index in [-0.39, 0.29) is 11.3 Å². The Morgan fingerprint density at radius 2 is 1.84 bits per heavy atom. The Labute approximate surface area is 107 Å². The van der Waals surface area contributed by atoms with E-state index in [0.29, 0.717) is 11.2 Å². The van der Waals surface area contributed by atoms with Gasteiger partial charge in [-0.15, -0.1) is 0 Å². The van der Waals surface area contributed by atoms with Gasteiger partial charge in [0.25, 0.3) is 0 Å². The van der Waals surface area contributed by atoms with E-state index >= 15 is 0 Å². The van der Waals surface area contributed by atoms with Gasteiger partial charge in [-0.05, 0) is 32.0 Å². The highest BCUT2D eigenvalue weighted by Gasteiger charge is 2.34. The number of hydrogen-bond acceptors (Lipinski definition) is 2. The van der Waals surface area contributed by atoms with Crippen LogP contribution in [0.4, 0.5) is 13.2 Å². The predicted molar refractivity (Wildman–Crippen MR) is 63.2 cm³/mol. The highest BCUT2D eigenvalue weighted by molar-refractivity contribution is 5.91. The van der Waals surface area contributed by atoms with E-state index in [9.17, 15) is 18.0 Å². The first-order valence-corrected chi connectivity index (χ1v) is 5.54. The van der Waals surface area contributed by atoms with Gasteiger partial charge >= 0.3 is 12.1 Å². The van der Waals surface area contributed by atoms with Gasteiger partial charge in [-0.25, -0.2) is 4.79 Å². The molecule has 3 nitrogen and oxygen atoms in total. The average Bonchev–Trinajstić information content (AvgIpc) is 2.67. The largest absolute Gasteiger partial charge is 0.465 e. The number of pyridine rings is 1. The maximum atomic E-state index is 12.8. The van der Waals surface area contributed by atoms with E-state index in [1.807, 2.05) is 0 Å². The number of hydrogen-bond donors (Lipinski definition) is 0. The molecule has 2 heterocycles. The van der Waals surface area contributed by atoms with Crippen molar-refractivity contribution in [2.24, 2.45) is 0 Å². The number of carbonyl (C=O) groups excluding carboxylic acids is 1. The van der Waals surface area contributed by atoms with E-state index in [0.717, 1.165) is 6.07 Å². The van der Waals surface area contributed by atoms with Crippen LogP contribution < -0.4 is 0 Å². The van der Waals surface area contributed by atoms with Crippen LogP contribution in [-0.4, -0.2) is 17.5 Å². The Bertz CT molecular complexity index is 656. The van der Waals surface area contributed by atoms with Gasteiger partial charge in [0.1, 0.15) is 0 Å². The quantitative estimate of drug-likeness (QED) is 0.744. The lowest BCUT2D eigenvalue weighted by Gasteiger charge is -2.10. The normalized spacial score (nSPS) is 11.9. The third-order valence-corrected chi connectivity index (χ3v) is 3.13. The molecule has 6 heteroatoms. The number of aryl methyl sites for hydroxylation is 2. The summed E-state index contributed by atoms with van der Waals surface area (Å²) < 4.78 is 44.5. The third-order valence-electron chi connectivity index (χ3n) is 3.13. The first-order valence-electron chi connectivity index (χ1n) is 5.54. The van der Waals surface area contributed by atoms with Crippen LogP contribution in [0, 0.1) is 13.8 Å². The van der Waals surface area contributed by atoms with Gasteiger partial charge in [0.2, 0.25) is 0 Å². The highest BCUT2D eigenvalue weighted by Crippen LogP contribution is 2.34. The second-order valence-electron chi connectivity index (χ2n) is 4.23. The second kappa shape index (κ2) is 4.29. The number of fused-ring (bicyclic) bond motifs is 1. The zero-order valence-corrected chi connectivity index (χ0v) is 10.6. The summed E-state index contributed by atoms with van der Waals surface area (Å²) in [4.78, 5) is 11.5. The van der Waals surface area contributed by atoms with Gasteiger partial charge in [0.15, 0.2) is 0 Å². The van der Waals surface area contributed by atoms with Crippen LogP contribution >= 0.6 is 0 Å². The molecule has 2 rings (SSSR count).